The van der Waals surface area contributed by atoms with E-state index in [1.54, 1.807) is 24.3 Å². The number of ether oxygens (including phenoxy) is 2. The van der Waals surface area contributed by atoms with Crippen LogP contribution in [-0.4, -0.2) is 43.5 Å². The van der Waals surface area contributed by atoms with Gasteiger partial charge in [0.1, 0.15) is 11.5 Å². The largest absolute Gasteiger partial charge is 0.573 e. The Bertz CT molecular complexity index is 823. The van der Waals surface area contributed by atoms with Gasteiger partial charge >= 0.3 is 6.36 Å². The highest BCUT2D eigenvalue weighted by Gasteiger charge is 2.31. The van der Waals surface area contributed by atoms with Crippen LogP contribution in [0.5, 0.6) is 11.5 Å². The third-order valence-electron chi connectivity index (χ3n) is 3.75. The highest BCUT2D eigenvalue weighted by Crippen LogP contribution is 2.24. The third-order valence-corrected chi connectivity index (χ3v) is 3.75. The quantitative estimate of drug-likeness (QED) is 0.618. The van der Waals surface area contributed by atoms with E-state index in [9.17, 15) is 27.9 Å². The van der Waals surface area contributed by atoms with E-state index < -0.39 is 30.0 Å². The van der Waals surface area contributed by atoms with Gasteiger partial charge in [0.15, 0.2) is 0 Å². The van der Waals surface area contributed by atoms with Gasteiger partial charge < -0.3 is 25.2 Å². The second kappa shape index (κ2) is 9.78. The number of nitrogens with one attached hydrogen (secondary N) is 2. The van der Waals surface area contributed by atoms with Gasteiger partial charge in [0.05, 0.1) is 19.8 Å². The number of hydrogen-bond acceptors (Lipinski definition) is 5. The third kappa shape index (κ3) is 7.34. The lowest BCUT2D eigenvalue weighted by Gasteiger charge is -2.14. The van der Waals surface area contributed by atoms with Crippen LogP contribution in [0.2, 0.25) is 0 Å². The van der Waals surface area contributed by atoms with Crippen LogP contribution in [0.1, 0.15) is 22.0 Å². The highest BCUT2D eigenvalue weighted by molar-refractivity contribution is 5.96. The fourth-order valence-corrected chi connectivity index (χ4v) is 2.29. The minimum Gasteiger partial charge on any atom is -0.497 e. The van der Waals surface area contributed by atoms with E-state index in [4.69, 9.17) is 4.74 Å². The molecule has 2 rings (SSSR count). The molecule has 10 heteroatoms. The molecule has 0 radical (unpaired) electrons. The minimum absolute atomic E-state index is 0.184. The number of hydrogen-bond donors (Lipinski definition) is 3. The van der Waals surface area contributed by atoms with Crippen molar-refractivity contribution in [3.05, 3.63) is 59.7 Å². The first kappa shape index (κ1) is 22.0. The number of aliphatic hydroxyl groups is 1. The summed E-state index contributed by atoms with van der Waals surface area (Å²) in [5, 5.41) is 14.9. The lowest BCUT2D eigenvalue weighted by atomic mass is 10.1. The molecule has 0 saturated heterocycles. The van der Waals surface area contributed by atoms with Crippen molar-refractivity contribution in [2.75, 3.05) is 20.2 Å². The monoisotopic (exact) mass is 412 g/mol. The minimum atomic E-state index is -4.80. The topological polar surface area (TPSA) is 96.9 Å². The summed E-state index contributed by atoms with van der Waals surface area (Å²) in [4.78, 5) is 23.8. The number of amides is 2. The number of benzene rings is 2. The Morgan fingerprint density at radius 1 is 1.00 bits per heavy atom. The van der Waals surface area contributed by atoms with Crippen LogP contribution in [0.3, 0.4) is 0 Å². The Labute approximate surface area is 164 Å². The van der Waals surface area contributed by atoms with Gasteiger partial charge in [-0.05, 0) is 42.0 Å². The molecule has 1 unspecified atom stereocenters. The van der Waals surface area contributed by atoms with E-state index in [-0.39, 0.29) is 13.1 Å². The summed E-state index contributed by atoms with van der Waals surface area (Å²) in [5.74, 6) is -0.823. The van der Waals surface area contributed by atoms with Crippen LogP contribution in [0.15, 0.2) is 48.5 Å². The van der Waals surface area contributed by atoms with Crippen LogP contribution in [0, 0.1) is 0 Å². The summed E-state index contributed by atoms with van der Waals surface area (Å²) in [7, 11) is 1.50. The molecule has 29 heavy (non-hydrogen) atoms. The predicted molar refractivity (Wildman–Crippen MR) is 96.4 cm³/mol. The number of alkyl halides is 3. The molecule has 0 saturated carbocycles. The first-order chi connectivity index (χ1) is 13.7. The SMILES string of the molecule is COc1ccc(C(=O)NCC(=O)NCC(O)c2ccc(OC(F)(F)F)cc2)cc1. The molecule has 1 atom stereocenters. The highest BCUT2D eigenvalue weighted by atomic mass is 19.4. The Balaban J connectivity index is 1.77. The molecule has 2 amide bonds. The molecule has 7 nitrogen and oxygen atoms in total. The van der Waals surface area contributed by atoms with Crippen LogP contribution >= 0.6 is 0 Å². The molecule has 156 valence electrons. The number of carbonyl (C=O) groups excluding carboxylic acids is 2. The zero-order valence-electron chi connectivity index (χ0n) is 15.3. The van der Waals surface area contributed by atoms with Crippen molar-refractivity contribution >= 4 is 11.8 Å². The number of halogens is 3. The van der Waals surface area contributed by atoms with E-state index in [2.05, 4.69) is 15.4 Å². The molecule has 0 heterocycles. The maximum atomic E-state index is 12.1. The fraction of sp³-hybridized carbons (Fsp3) is 0.263. The average Bonchev–Trinajstić information content (AvgIpc) is 2.69. The zero-order valence-corrected chi connectivity index (χ0v) is 15.3. The standard InChI is InChI=1S/C19H19F3N2O5/c1-28-14-6-4-13(5-7-14)18(27)24-11-17(26)23-10-16(25)12-2-8-15(9-3-12)29-19(20,21)22/h2-9,16,25H,10-11H2,1H3,(H,23,26)(H,24,27). The molecule has 3 N–H and O–H groups in total. The molecule has 0 fully saturated rings. The summed E-state index contributed by atoms with van der Waals surface area (Å²) in [6.07, 6.45) is -5.94. The Kier molecular flexibility index (Phi) is 7.43. The van der Waals surface area contributed by atoms with E-state index in [1.165, 1.54) is 19.2 Å². The van der Waals surface area contributed by atoms with Crippen molar-refractivity contribution in [1.82, 2.24) is 10.6 Å². The van der Waals surface area contributed by atoms with Gasteiger partial charge in [-0.25, -0.2) is 0 Å². The van der Waals surface area contributed by atoms with Gasteiger partial charge in [-0.15, -0.1) is 13.2 Å². The number of carbonyl (C=O) groups is 2. The fourth-order valence-electron chi connectivity index (χ4n) is 2.29. The zero-order chi connectivity index (χ0) is 21.4. The maximum Gasteiger partial charge on any atom is 0.573 e. The van der Waals surface area contributed by atoms with Gasteiger partial charge in [-0.3, -0.25) is 9.59 Å². The molecule has 0 aliphatic carbocycles. The van der Waals surface area contributed by atoms with E-state index in [0.29, 0.717) is 16.9 Å². The van der Waals surface area contributed by atoms with Gasteiger partial charge in [-0.1, -0.05) is 12.1 Å². The molecule has 2 aromatic carbocycles. The molecule has 2 aromatic rings. The second-order valence-corrected chi connectivity index (χ2v) is 5.85. The van der Waals surface area contributed by atoms with Crippen LogP contribution in [0.4, 0.5) is 13.2 Å². The first-order valence-electron chi connectivity index (χ1n) is 8.40. The lowest BCUT2D eigenvalue weighted by Crippen LogP contribution is -2.38. The number of rotatable bonds is 8. The molecule has 0 spiro atoms. The van der Waals surface area contributed by atoms with Crippen LogP contribution < -0.4 is 20.1 Å². The molecule has 0 bridgehead atoms. The van der Waals surface area contributed by atoms with E-state index >= 15 is 0 Å². The Hall–Kier alpha value is -3.27. The van der Waals surface area contributed by atoms with Crippen LogP contribution in [0.25, 0.3) is 0 Å². The average molecular weight is 412 g/mol. The smallest absolute Gasteiger partial charge is 0.497 e. The van der Waals surface area contributed by atoms with Crippen LogP contribution in [-0.2, 0) is 4.79 Å². The van der Waals surface area contributed by atoms with Gasteiger partial charge in [0.25, 0.3) is 5.91 Å². The predicted octanol–water partition coefficient (Wildman–Crippen LogP) is 2.17. The summed E-state index contributed by atoms with van der Waals surface area (Å²) in [6.45, 7) is -0.493. The lowest BCUT2D eigenvalue weighted by molar-refractivity contribution is -0.274. The number of aliphatic hydroxyl groups excluding tert-OH is 1. The molecule has 0 aliphatic rings. The summed E-state index contributed by atoms with van der Waals surface area (Å²) < 4.78 is 45.1. The van der Waals surface area contributed by atoms with Crippen molar-refractivity contribution in [2.45, 2.75) is 12.5 Å². The normalized spacial score (nSPS) is 12.0. The maximum absolute atomic E-state index is 12.1. The van der Waals surface area contributed by atoms with E-state index in [0.717, 1.165) is 12.1 Å². The van der Waals surface area contributed by atoms with Crippen molar-refractivity contribution < 1.29 is 37.3 Å². The second-order valence-electron chi connectivity index (χ2n) is 5.85. The summed E-state index contributed by atoms with van der Waals surface area (Å²) >= 11 is 0. The van der Waals surface area contributed by atoms with Crippen molar-refractivity contribution in [1.29, 1.82) is 0 Å². The van der Waals surface area contributed by atoms with E-state index in [1.807, 2.05) is 0 Å². The Morgan fingerprint density at radius 2 is 1.59 bits per heavy atom. The van der Waals surface area contributed by atoms with Crippen molar-refractivity contribution in [2.24, 2.45) is 0 Å². The number of methoxy groups -OCH3 is 1. The summed E-state index contributed by atoms with van der Waals surface area (Å²) in [5.41, 5.74) is 0.641. The molecule has 0 aromatic heterocycles. The van der Waals surface area contributed by atoms with Gasteiger partial charge in [0.2, 0.25) is 5.91 Å². The molecular formula is C19H19F3N2O5. The summed E-state index contributed by atoms with van der Waals surface area (Å²) in [6, 6.07) is 10.9. The van der Waals surface area contributed by atoms with Gasteiger partial charge in [0, 0.05) is 12.1 Å². The van der Waals surface area contributed by atoms with Crippen molar-refractivity contribution in [3.63, 3.8) is 0 Å². The van der Waals surface area contributed by atoms with Gasteiger partial charge in [-0.2, -0.15) is 0 Å². The molecular weight excluding hydrogens is 393 g/mol. The Morgan fingerprint density at radius 3 is 2.14 bits per heavy atom. The first-order valence-corrected chi connectivity index (χ1v) is 8.40. The molecule has 0 aliphatic heterocycles. The van der Waals surface area contributed by atoms with Crippen molar-refractivity contribution in [3.8, 4) is 11.5 Å².